The van der Waals surface area contributed by atoms with E-state index in [1.165, 1.54) is 43.3 Å². The van der Waals surface area contributed by atoms with Gasteiger partial charge in [0, 0.05) is 5.41 Å². The highest BCUT2D eigenvalue weighted by Gasteiger charge is 2.32. The zero-order valence-electron chi connectivity index (χ0n) is 28.1. The van der Waals surface area contributed by atoms with Crippen LogP contribution < -0.4 is 4.74 Å². The summed E-state index contributed by atoms with van der Waals surface area (Å²) in [6.07, 6.45) is 34.2. The van der Waals surface area contributed by atoms with E-state index in [0.717, 1.165) is 24.4 Å². The number of nitriles is 1. The van der Waals surface area contributed by atoms with E-state index in [-0.39, 0.29) is 5.41 Å². The fraction of sp³-hybridized carbons (Fsp3) is 0.425. The van der Waals surface area contributed by atoms with Crippen LogP contribution in [0.1, 0.15) is 99.0 Å². The van der Waals surface area contributed by atoms with Crippen molar-refractivity contribution in [3.8, 4) is 11.8 Å². The van der Waals surface area contributed by atoms with Crippen molar-refractivity contribution >= 4 is 0 Å². The third kappa shape index (κ3) is 16.5. The van der Waals surface area contributed by atoms with E-state index < -0.39 is 0 Å². The highest BCUT2D eigenvalue weighted by molar-refractivity contribution is 5.35. The van der Waals surface area contributed by atoms with Crippen molar-refractivity contribution in [2.24, 2.45) is 5.41 Å². The molecule has 0 radical (unpaired) electrons. The maximum Gasteiger partial charge on any atom is 0.119 e. The lowest BCUT2D eigenvalue weighted by molar-refractivity contribution is 0.261. The number of hydrogen-bond acceptors (Lipinski definition) is 3. The van der Waals surface area contributed by atoms with Gasteiger partial charge in [-0.25, -0.2) is 0 Å². The van der Waals surface area contributed by atoms with Gasteiger partial charge >= 0.3 is 0 Å². The Morgan fingerprint density at radius 2 is 1.70 bits per heavy atom. The Bertz CT molecular complexity index is 1130. The molecule has 0 N–H and O–H groups in total. The van der Waals surface area contributed by atoms with Gasteiger partial charge in [-0.2, -0.15) is 5.26 Å². The largest absolute Gasteiger partial charge is 0.490 e. The van der Waals surface area contributed by atoms with E-state index in [9.17, 15) is 0 Å². The number of hydrogen-bond donors (Lipinski definition) is 0. The van der Waals surface area contributed by atoms with Crippen molar-refractivity contribution in [1.82, 2.24) is 0 Å². The third-order valence-electron chi connectivity index (χ3n) is 6.95. The second-order valence-corrected chi connectivity index (χ2v) is 9.81. The van der Waals surface area contributed by atoms with E-state index in [4.69, 9.17) is 14.7 Å². The lowest BCUT2D eigenvalue weighted by Gasteiger charge is -2.37. The van der Waals surface area contributed by atoms with Crippen molar-refractivity contribution in [3.63, 3.8) is 0 Å². The first kappa shape index (κ1) is 39.2. The van der Waals surface area contributed by atoms with Gasteiger partial charge in [-0.3, -0.25) is 0 Å². The molecule has 2 aliphatic rings. The first-order valence-corrected chi connectivity index (χ1v) is 16.1. The van der Waals surface area contributed by atoms with Gasteiger partial charge in [-0.1, -0.05) is 127 Å². The molecule has 0 amide bonds. The Labute approximate surface area is 264 Å². The van der Waals surface area contributed by atoms with Gasteiger partial charge in [0.05, 0.1) is 11.6 Å². The van der Waals surface area contributed by atoms with Gasteiger partial charge in [0.15, 0.2) is 0 Å². The molecule has 3 heteroatoms. The zero-order valence-corrected chi connectivity index (χ0v) is 28.1. The molecule has 0 aromatic heterocycles. The maximum absolute atomic E-state index is 8.58. The number of benzene rings is 1. The van der Waals surface area contributed by atoms with Crippen LogP contribution in [0.5, 0.6) is 5.75 Å². The summed E-state index contributed by atoms with van der Waals surface area (Å²) in [4.78, 5) is 0. The fourth-order valence-corrected chi connectivity index (χ4v) is 4.51. The minimum Gasteiger partial charge on any atom is -0.490 e. The summed E-state index contributed by atoms with van der Waals surface area (Å²) in [6, 6.07) is 9.18. The van der Waals surface area contributed by atoms with Crippen LogP contribution in [0.3, 0.4) is 0 Å². The highest BCUT2D eigenvalue weighted by atomic mass is 16.5. The molecule has 0 saturated heterocycles. The monoisotopic (exact) mass is 583 g/mol. The molecule has 0 spiro atoms. The average molecular weight is 584 g/mol. The van der Waals surface area contributed by atoms with E-state index >= 15 is 0 Å². The molecule has 0 heterocycles. The second kappa shape index (κ2) is 25.9. The molecule has 0 unspecified atom stereocenters. The molecule has 1 fully saturated rings. The predicted molar refractivity (Wildman–Crippen MR) is 188 cm³/mol. The van der Waals surface area contributed by atoms with Crippen LogP contribution in [0.25, 0.3) is 0 Å². The molecular formula is C40H57NO2. The van der Waals surface area contributed by atoms with Crippen molar-refractivity contribution in [2.45, 2.75) is 93.4 Å². The molecule has 2 aliphatic carbocycles. The molecule has 0 aliphatic heterocycles. The summed E-state index contributed by atoms with van der Waals surface area (Å²) in [7, 11) is 0. The van der Waals surface area contributed by atoms with Gasteiger partial charge in [-0.05, 0) is 81.5 Å². The summed E-state index contributed by atoms with van der Waals surface area (Å²) in [5.41, 5.74) is 3.57. The van der Waals surface area contributed by atoms with E-state index in [0.29, 0.717) is 18.8 Å². The normalized spacial score (nSPS) is 15.8. The van der Waals surface area contributed by atoms with Crippen molar-refractivity contribution in [2.75, 3.05) is 13.2 Å². The summed E-state index contributed by atoms with van der Waals surface area (Å²) < 4.78 is 11.2. The summed E-state index contributed by atoms with van der Waals surface area (Å²) >= 11 is 0. The van der Waals surface area contributed by atoms with Gasteiger partial charge < -0.3 is 9.47 Å². The third-order valence-corrected chi connectivity index (χ3v) is 6.95. The SMILES string of the molecule is C/C=C(\C)COc1ccc(C#N)cc1.C=C/C(=C\C=C\C1(C2=CC=CC=CC2)CCCCC1)OC/C=C/CC.CC.CC. The van der Waals surface area contributed by atoms with Crippen molar-refractivity contribution in [1.29, 1.82) is 5.26 Å². The Kier molecular flexibility index (Phi) is 23.6. The summed E-state index contributed by atoms with van der Waals surface area (Å²) in [5, 5.41) is 8.58. The first-order chi connectivity index (χ1) is 21.1. The first-order valence-electron chi connectivity index (χ1n) is 16.1. The number of rotatable bonds is 11. The Morgan fingerprint density at radius 1 is 1.00 bits per heavy atom. The topological polar surface area (TPSA) is 42.2 Å². The number of allylic oxidation sites excluding steroid dienone is 12. The molecular weight excluding hydrogens is 526 g/mol. The smallest absolute Gasteiger partial charge is 0.119 e. The summed E-state index contributed by atoms with van der Waals surface area (Å²) in [6.45, 7) is 19.2. The van der Waals surface area contributed by atoms with Crippen LogP contribution in [0.2, 0.25) is 0 Å². The summed E-state index contributed by atoms with van der Waals surface area (Å²) in [5.74, 6) is 1.63. The van der Waals surface area contributed by atoms with Crippen molar-refractivity contribution < 1.29 is 9.47 Å². The molecule has 43 heavy (non-hydrogen) atoms. The molecule has 0 atom stereocenters. The zero-order chi connectivity index (χ0) is 32.2. The van der Waals surface area contributed by atoms with Gasteiger partial charge in [0.1, 0.15) is 24.7 Å². The Morgan fingerprint density at radius 3 is 2.30 bits per heavy atom. The van der Waals surface area contributed by atoms with Crippen LogP contribution in [-0.4, -0.2) is 13.2 Å². The lowest BCUT2D eigenvalue weighted by atomic mass is 9.68. The Hall–Kier alpha value is -3.77. The van der Waals surface area contributed by atoms with Gasteiger partial charge in [0.2, 0.25) is 0 Å². The van der Waals surface area contributed by atoms with E-state index in [2.05, 4.69) is 74.3 Å². The molecule has 3 nitrogen and oxygen atoms in total. The van der Waals surface area contributed by atoms with E-state index in [1.54, 1.807) is 18.2 Å². The number of nitrogens with zero attached hydrogens (tertiary/aromatic N) is 1. The highest BCUT2D eigenvalue weighted by Crippen LogP contribution is 2.45. The lowest BCUT2D eigenvalue weighted by Crippen LogP contribution is -2.24. The van der Waals surface area contributed by atoms with Crippen molar-refractivity contribution in [3.05, 3.63) is 126 Å². The molecule has 3 rings (SSSR count). The van der Waals surface area contributed by atoms with Crippen LogP contribution >= 0.6 is 0 Å². The molecule has 0 bridgehead atoms. The quantitative estimate of drug-likeness (QED) is 0.148. The average Bonchev–Trinajstić information content (AvgIpc) is 3.38. The Balaban J connectivity index is 0.000000830. The second-order valence-electron chi connectivity index (χ2n) is 9.81. The van der Waals surface area contributed by atoms with Gasteiger partial charge in [0.25, 0.3) is 0 Å². The minimum atomic E-state index is 0.197. The van der Waals surface area contributed by atoms with E-state index in [1.807, 2.05) is 65.8 Å². The van der Waals surface area contributed by atoms with Crippen LogP contribution in [0, 0.1) is 16.7 Å². The number of ether oxygens (including phenoxy) is 2. The maximum atomic E-state index is 8.58. The van der Waals surface area contributed by atoms with Crippen LogP contribution in [0.4, 0.5) is 0 Å². The van der Waals surface area contributed by atoms with Gasteiger partial charge in [-0.15, -0.1) is 0 Å². The minimum absolute atomic E-state index is 0.197. The molecule has 1 aromatic rings. The fourth-order valence-electron chi connectivity index (χ4n) is 4.51. The van der Waals surface area contributed by atoms with Crippen LogP contribution in [-0.2, 0) is 4.74 Å². The molecule has 234 valence electrons. The standard InChI is InChI=1S/C24H32O.C12H13NO.2C2H6/c1-3-5-13-21-25-23(4-2)17-14-20-24(18-11-8-12-19-24)22-15-9-6-7-10-16-22;1-3-10(2)9-14-12-6-4-11(8-13)5-7-12;2*1-2/h4-7,9-10,13-15,17,20H,2-3,8,11-12,16,18-19,21H2,1H3;3-7H,9H2,1-2H3;2*1-2H3/b13-5+,20-14+,23-17+;10-3+;;. The molecule has 1 aromatic carbocycles. The predicted octanol–water partition coefficient (Wildman–Crippen LogP) is 11.9. The molecule has 1 saturated carbocycles. The van der Waals surface area contributed by atoms with Crippen LogP contribution in [0.15, 0.2) is 121 Å².